The Bertz CT molecular complexity index is 667. The highest BCUT2D eigenvalue weighted by molar-refractivity contribution is 5.43. The maximum atomic E-state index is 5.85. The van der Waals surface area contributed by atoms with Crippen molar-refractivity contribution in [3.8, 4) is 11.5 Å². The quantitative estimate of drug-likeness (QED) is 0.634. The van der Waals surface area contributed by atoms with E-state index in [1.165, 1.54) is 44.1 Å². The molecule has 2 atom stereocenters. The van der Waals surface area contributed by atoms with Gasteiger partial charge in [0.2, 0.25) is 0 Å². The lowest BCUT2D eigenvalue weighted by Crippen LogP contribution is -2.63. The normalized spacial score (nSPS) is 36.8. The molecule has 0 aromatic heterocycles. The molecule has 4 saturated carbocycles. The van der Waals surface area contributed by atoms with E-state index in [4.69, 9.17) is 9.47 Å². The molecule has 0 radical (unpaired) electrons. The summed E-state index contributed by atoms with van der Waals surface area (Å²) in [6.07, 6.45) is 9.40. The second-order valence-electron chi connectivity index (χ2n) is 10.3. The molecule has 0 amide bonds. The fourth-order valence-electron chi connectivity index (χ4n) is 7.20. The first kappa shape index (κ1) is 19.1. The number of nitrogens with one attached hydrogen (secondary N) is 1. The van der Waals surface area contributed by atoms with Crippen molar-refractivity contribution in [1.82, 2.24) is 5.32 Å². The van der Waals surface area contributed by atoms with Gasteiger partial charge in [0.25, 0.3) is 0 Å². The lowest BCUT2D eigenvalue weighted by molar-refractivity contribution is -0.118. The predicted molar refractivity (Wildman–Crippen MR) is 110 cm³/mol. The number of ether oxygens (including phenoxy) is 2. The lowest BCUT2D eigenvalue weighted by Gasteiger charge is -2.65. The van der Waals surface area contributed by atoms with Gasteiger partial charge >= 0.3 is 0 Å². The Balaban J connectivity index is 1.48. The SMILES string of the molecule is CCCOc1ccc(CNC23CC4CC(C)(CC(C)(C4)C2)C3)cc1OCC. The van der Waals surface area contributed by atoms with Gasteiger partial charge in [0.15, 0.2) is 11.5 Å². The van der Waals surface area contributed by atoms with Gasteiger partial charge in [0.1, 0.15) is 0 Å². The molecule has 27 heavy (non-hydrogen) atoms. The van der Waals surface area contributed by atoms with Gasteiger partial charge in [-0.05, 0) is 86.3 Å². The van der Waals surface area contributed by atoms with Gasteiger partial charge < -0.3 is 14.8 Å². The summed E-state index contributed by atoms with van der Waals surface area (Å²) in [5.41, 5.74) is 2.74. The minimum Gasteiger partial charge on any atom is -0.490 e. The highest BCUT2D eigenvalue weighted by Crippen LogP contribution is 2.66. The van der Waals surface area contributed by atoms with Crippen molar-refractivity contribution in [3.05, 3.63) is 23.8 Å². The van der Waals surface area contributed by atoms with Gasteiger partial charge in [-0.15, -0.1) is 0 Å². The fraction of sp³-hybridized carbons (Fsp3) is 0.750. The van der Waals surface area contributed by atoms with Crippen molar-refractivity contribution in [1.29, 1.82) is 0 Å². The first-order valence-electron chi connectivity index (χ1n) is 11.0. The minimum atomic E-state index is 0.339. The molecule has 2 unspecified atom stereocenters. The predicted octanol–water partition coefficient (Wildman–Crippen LogP) is 5.71. The average Bonchev–Trinajstić information content (AvgIpc) is 2.56. The van der Waals surface area contributed by atoms with E-state index in [0.29, 0.717) is 23.0 Å². The van der Waals surface area contributed by atoms with Crippen LogP contribution in [0.15, 0.2) is 18.2 Å². The maximum absolute atomic E-state index is 5.85. The molecule has 3 heteroatoms. The Morgan fingerprint density at radius 2 is 1.70 bits per heavy atom. The molecule has 5 rings (SSSR count). The summed E-state index contributed by atoms with van der Waals surface area (Å²) in [6.45, 7) is 11.6. The van der Waals surface area contributed by atoms with Crippen LogP contribution in [0.1, 0.15) is 78.2 Å². The van der Waals surface area contributed by atoms with Gasteiger partial charge in [-0.1, -0.05) is 26.8 Å². The Kier molecular flexibility index (Phi) is 4.95. The molecule has 4 fully saturated rings. The van der Waals surface area contributed by atoms with Crippen molar-refractivity contribution in [2.24, 2.45) is 16.7 Å². The fourth-order valence-corrected chi connectivity index (χ4v) is 7.20. The van der Waals surface area contributed by atoms with Crippen LogP contribution in [0.25, 0.3) is 0 Å². The third-order valence-electron chi connectivity index (χ3n) is 7.06. The zero-order chi connectivity index (χ0) is 19.1. The topological polar surface area (TPSA) is 30.5 Å². The second-order valence-corrected chi connectivity index (χ2v) is 10.3. The largest absolute Gasteiger partial charge is 0.490 e. The minimum absolute atomic E-state index is 0.339. The maximum Gasteiger partial charge on any atom is 0.161 e. The third kappa shape index (κ3) is 3.85. The molecule has 0 saturated heterocycles. The van der Waals surface area contributed by atoms with Gasteiger partial charge in [-0.25, -0.2) is 0 Å². The van der Waals surface area contributed by atoms with E-state index in [9.17, 15) is 0 Å². The molecule has 150 valence electrons. The van der Waals surface area contributed by atoms with Crippen molar-refractivity contribution in [2.75, 3.05) is 13.2 Å². The molecule has 0 heterocycles. The van der Waals surface area contributed by atoms with E-state index in [2.05, 4.69) is 44.3 Å². The van der Waals surface area contributed by atoms with Crippen LogP contribution >= 0.6 is 0 Å². The molecule has 0 aliphatic heterocycles. The lowest BCUT2D eigenvalue weighted by atomic mass is 9.43. The summed E-state index contributed by atoms with van der Waals surface area (Å²) in [7, 11) is 0. The van der Waals surface area contributed by atoms with E-state index in [-0.39, 0.29) is 0 Å². The van der Waals surface area contributed by atoms with Gasteiger partial charge in [-0.3, -0.25) is 0 Å². The number of rotatable bonds is 8. The molecular weight excluding hydrogens is 334 g/mol. The number of hydrogen-bond acceptors (Lipinski definition) is 3. The summed E-state index contributed by atoms with van der Waals surface area (Å²) in [5.74, 6) is 2.68. The van der Waals surface area contributed by atoms with Crippen molar-refractivity contribution in [3.63, 3.8) is 0 Å². The van der Waals surface area contributed by atoms with E-state index in [0.717, 1.165) is 37.0 Å². The first-order valence-corrected chi connectivity index (χ1v) is 11.0. The monoisotopic (exact) mass is 371 g/mol. The van der Waals surface area contributed by atoms with Crippen LogP contribution in [0.3, 0.4) is 0 Å². The molecule has 0 spiro atoms. The van der Waals surface area contributed by atoms with Crippen molar-refractivity contribution in [2.45, 2.75) is 84.7 Å². The first-order chi connectivity index (χ1) is 12.9. The van der Waals surface area contributed by atoms with Crippen LogP contribution in [0.2, 0.25) is 0 Å². The van der Waals surface area contributed by atoms with Crippen LogP contribution < -0.4 is 14.8 Å². The van der Waals surface area contributed by atoms with E-state index < -0.39 is 0 Å². The Hall–Kier alpha value is -1.22. The summed E-state index contributed by atoms with van der Waals surface area (Å²) >= 11 is 0. The molecule has 3 nitrogen and oxygen atoms in total. The number of hydrogen-bond donors (Lipinski definition) is 1. The Morgan fingerprint density at radius 1 is 0.963 bits per heavy atom. The average molecular weight is 372 g/mol. The third-order valence-corrected chi connectivity index (χ3v) is 7.06. The summed E-state index contributed by atoms with van der Waals surface area (Å²) in [4.78, 5) is 0. The molecular formula is C24H37NO2. The highest BCUT2D eigenvalue weighted by atomic mass is 16.5. The Morgan fingerprint density at radius 3 is 2.33 bits per heavy atom. The van der Waals surface area contributed by atoms with Crippen LogP contribution in [0.4, 0.5) is 0 Å². The molecule has 1 aromatic carbocycles. The molecule has 1 N–H and O–H groups in total. The Labute approximate surface area is 165 Å². The van der Waals surface area contributed by atoms with Gasteiger partial charge in [0.05, 0.1) is 13.2 Å². The van der Waals surface area contributed by atoms with Gasteiger partial charge in [-0.2, -0.15) is 0 Å². The van der Waals surface area contributed by atoms with E-state index >= 15 is 0 Å². The van der Waals surface area contributed by atoms with Crippen LogP contribution in [-0.2, 0) is 6.54 Å². The smallest absolute Gasteiger partial charge is 0.161 e. The molecule has 4 bridgehead atoms. The van der Waals surface area contributed by atoms with Crippen LogP contribution in [-0.4, -0.2) is 18.8 Å². The zero-order valence-electron chi connectivity index (χ0n) is 17.7. The van der Waals surface area contributed by atoms with Gasteiger partial charge in [0, 0.05) is 12.1 Å². The number of benzene rings is 1. The summed E-state index contributed by atoms with van der Waals surface area (Å²) in [6, 6.07) is 6.45. The molecule has 1 aromatic rings. The molecule has 4 aliphatic carbocycles. The van der Waals surface area contributed by atoms with Crippen LogP contribution in [0.5, 0.6) is 11.5 Å². The zero-order valence-corrected chi connectivity index (χ0v) is 17.7. The molecule has 4 aliphatic rings. The summed E-state index contributed by atoms with van der Waals surface area (Å²) < 4.78 is 11.7. The van der Waals surface area contributed by atoms with E-state index in [1.807, 2.05) is 6.92 Å². The van der Waals surface area contributed by atoms with Crippen molar-refractivity contribution >= 4 is 0 Å². The summed E-state index contributed by atoms with van der Waals surface area (Å²) in [5, 5.41) is 4.03. The van der Waals surface area contributed by atoms with E-state index in [1.54, 1.807) is 0 Å². The standard InChI is InChI=1S/C24H37NO2/c1-5-9-27-20-8-7-18(10-21(20)26-6-2)14-25-24-13-19-11-22(3,16-24)15-23(4,12-19)17-24/h7-8,10,19,25H,5-6,9,11-17H2,1-4H3. The van der Waals surface area contributed by atoms with Crippen molar-refractivity contribution < 1.29 is 9.47 Å². The van der Waals surface area contributed by atoms with Crippen LogP contribution in [0, 0.1) is 16.7 Å². The second kappa shape index (κ2) is 6.99. The highest BCUT2D eigenvalue weighted by Gasteiger charge is 2.59.